The highest BCUT2D eigenvalue weighted by Gasteiger charge is 2.31. The summed E-state index contributed by atoms with van der Waals surface area (Å²) < 4.78 is 42.1. The predicted molar refractivity (Wildman–Crippen MR) is 98.3 cm³/mol. The average molecular weight is 399 g/mol. The van der Waals surface area contributed by atoms with Gasteiger partial charge < -0.3 is 15.5 Å². The Morgan fingerprint density at radius 3 is 2.56 bits per heavy atom. The summed E-state index contributed by atoms with van der Waals surface area (Å²) in [6.45, 7) is 3.03. The van der Waals surface area contributed by atoms with Crippen LogP contribution in [0.4, 0.5) is 24.0 Å². The minimum absolute atomic E-state index is 0.00667. The third-order valence-electron chi connectivity index (χ3n) is 4.55. The molecule has 2 aromatic rings. The maximum Gasteiger partial charge on any atom is 0.417 e. The molecule has 1 amide bonds. The fourth-order valence-electron chi connectivity index (χ4n) is 3.06. The number of aryl methyl sites for hydroxylation is 1. The molecule has 0 aromatic carbocycles. The van der Waals surface area contributed by atoms with Gasteiger partial charge in [-0.05, 0) is 43.4 Å². The summed E-state index contributed by atoms with van der Waals surface area (Å²) in [6, 6.07) is 2.44. The number of aromatic nitrogens is 2. The first-order valence-electron chi connectivity index (χ1n) is 8.52. The van der Waals surface area contributed by atoms with E-state index in [1.54, 1.807) is 14.0 Å². The standard InChI is InChI=1S/C17H20F3N5OS/c1-10-14(16(21-2)27-24-10)15(26)23-12-5-7-25(8-6-12)13-4-3-11(9-22-13)17(18,19)20/h3-4,9,12,21H,5-8H2,1-2H3,(H,23,26). The van der Waals surface area contributed by atoms with Crippen LogP contribution < -0.4 is 15.5 Å². The van der Waals surface area contributed by atoms with Crippen LogP contribution in [0.1, 0.15) is 34.5 Å². The fraction of sp³-hybridized carbons (Fsp3) is 0.471. The summed E-state index contributed by atoms with van der Waals surface area (Å²) in [5, 5.41) is 6.74. The molecule has 0 spiro atoms. The normalized spacial score (nSPS) is 15.7. The number of amides is 1. The number of rotatable bonds is 4. The van der Waals surface area contributed by atoms with Crippen LogP contribution in [0.2, 0.25) is 0 Å². The van der Waals surface area contributed by atoms with Gasteiger partial charge in [-0.2, -0.15) is 17.5 Å². The first-order valence-corrected chi connectivity index (χ1v) is 9.30. The predicted octanol–water partition coefficient (Wildman–Crippen LogP) is 3.31. The van der Waals surface area contributed by atoms with Crippen LogP contribution in [-0.4, -0.2) is 41.4 Å². The van der Waals surface area contributed by atoms with E-state index in [4.69, 9.17) is 0 Å². The van der Waals surface area contributed by atoms with Gasteiger partial charge in [0.25, 0.3) is 5.91 Å². The van der Waals surface area contributed by atoms with E-state index in [1.165, 1.54) is 17.6 Å². The van der Waals surface area contributed by atoms with Crippen molar-refractivity contribution in [2.45, 2.75) is 32.0 Å². The number of hydrogen-bond donors (Lipinski definition) is 2. The van der Waals surface area contributed by atoms with Gasteiger partial charge >= 0.3 is 6.18 Å². The molecule has 0 atom stereocenters. The molecule has 1 aliphatic rings. The van der Waals surface area contributed by atoms with Crippen molar-refractivity contribution in [3.05, 3.63) is 35.2 Å². The number of alkyl halides is 3. The molecule has 1 fully saturated rings. The van der Waals surface area contributed by atoms with Crippen LogP contribution in [0.3, 0.4) is 0 Å². The van der Waals surface area contributed by atoms with Crippen molar-refractivity contribution in [3.8, 4) is 0 Å². The van der Waals surface area contributed by atoms with Crippen LogP contribution in [0, 0.1) is 6.92 Å². The molecule has 27 heavy (non-hydrogen) atoms. The molecular weight excluding hydrogens is 379 g/mol. The van der Waals surface area contributed by atoms with E-state index in [9.17, 15) is 18.0 Å². The monoisotopic (exact) mass is 399 g/mol. The van der Waals surface area contributed by atoms with Crippen molar-refractivity contribution >= 4 is 28.3 Å². The van der Waals surface area contributed by atoms with E-state index in [2.05, 4.69) is 20.0 Å². The van der Waals surface area contributed by atoms with E-state index in [1.807, 2.05) is 4.90 Å². The zero-order chi connectivity index (χ0) is 19.6. The van der Waals surface area contributed by atoms with E-state index in [0.717, 1.165) is 17.3 Å². The summed E-state index contributed by atoms with van der Waals surface area (Å²) in [6.07, 6.45) is -2.14. The lowest BCUT2D eigenvalue weighted by Crippen LogP contribution is -2.45. The average Bonchev–Trinajstić information content (AvgIpc) is 3.02. The number of pyridine rings is 1. The van der Waals surface area contributed by atoms with Gasteiger partial charge in [0.1, 0.15) is 10.8 Å². The Kier molecular flexibility index (Phi) is 5.54. The Bertz CT molecular complexity index is 798. The maximum atomic E-state index is 12.6. The Labute approximate surface area is 159 Å². The van der Waals surface area contributed by atoms with Crippen LogP contribution in [0.15, 0.2) is 18.3 Å². The van der Waals surface area contributed by atoms with E-state index in [0.29, 0.717) is 43.0 Å². The zero-order valence-corrected chi connectivity index (χ0v) is 15.7. The van der Waals surface area contributed by atoms with E-state index in [-0.39, 0.29) is 11.9 Å². The molecule has 0 aliphatic carbocycles. The van der Waals surface area contributed by atoms with Crippen LogP contribution in [0.5, 0.6) is 0 Å². The number of hydrogen-bond acceptors (Lipinski definition) is 6. The van der Waals surface area contributed by atoms with Crippen LogP contribution in [-0.2, 0) is 6.18 Å². The lowest BCUT2D eigenvalue weighted by Gasteiger charge is -2.33. The van der Waals surface area contributed by atoms with Gasteiger partial charge in [-0.25, -0.2) is 4.98 Å². The molecule has 3 rings (SSSR count). The van der Waals surface area contributed by atoms with Crippen molar-refractivity contribution in [2.75, 3.05) is 30.4 Å². The van der Waals surface area contributed by atoms with Crippen molar-refractivity contribution < 1.29 is 18.0 Å². The molecule has 10 heteroatoms. The quantitative estimate of drug-likeness (QED) is 0.826. The van der Waals surface area contributed by atoms with Crippen LogP contribution >= 0.6 is 11.5 Å². The highest BCUT2D eigenvalue weighted by Crippen LogP contribution is 2.30. The largest absolute Gasteiger partial charge is 0.417 e. The lowest BCUT2D eigenvalue weighted by atomic mass is 10.0. The number of halogens is 3. The number of anilines is 2. The number of piperidine rings is 1. The Morgan fingerprint density at radius 1 is 1.30 bits per heavy atom. The van der Waals surface area contributed by atoms with Gasteiger partial charge in [-0.1, -0.05) is 0 Å². The number of carbonyl (C=O) groups is 1. The van der Waals surface area contributed by atoms with Gasteiger partial charge in [0, 0.05) is 32.4 Å². The second-order valence-electron chi connectivity index (χ2n) is 6.36. The van der Waals surface area contributed by atoms with Gasteiger partial charge in [0.15, 0.2) is 0 Å². The molecule has 0 unspecified atom stereocenters. The molecule has 2 aromatic heterocycles. The molecule has 2 N–H and O–H groups in total. The summed E-state index contributed by atoms with van der Waals surface area (Å²) in [5.74, 6) is 0.361. The highest BCUT2D eigenvalue weighted by atomic mass is 32.1. The molecule has 1 saturated heterocycles. The molecule has 0 bridgehead atoms. The van der Waals surface area contributed by atoms with Crippen molar-refractivity contribution in [2.24, 2.45) is 0 Å². The minimum atomic E-state index is -4.39. The smallest absolute Gasteiger partial charge is 0.378 e. The second kappa shape index (κ2) is 7.71. The molecule has 6 nitrogen and oxygen atoms in total. The molecular formula is C17H20F3N5OS. The third-order valence-corrected chi connectivity index (χ3v) is 5.50. The second-order valence-corrected chi connectivity index (χ2v) is 7.13. The molecule has 0 saturated carbocycles. The lowest BCUT2D eigenvalue weighted by molar-refractivity contribution is -0.137. The van der Waals surface area contributed by atoms with Gasteiger partial charge in [0.2, 0.25) is 0 Å². The summed E-state index contributed by atoms with van der Waals surface area (Å²) in [5.41, 5.74) is 0.496. The topological polar surface area (TPSA) is 70.2 Å². The molecule has 0 radical (unpaired) electrons. The Hall–Kier alpha value is -2.36. The molecule has 3 heterocycles. The molecule has 146 valence electrons. The van der Waals surface area contributed by atoms with Crippen LogP contribution in [0.25, 0.3) is 0 Å². The van der Waals surface area contributed by atoms with Gasteiger partial charge in [0.05, 0.1) is 16.8 Å². The van der Waals surface area contributed by atoms with Crippen molar-refractivity contribution in [3.63, 3.8) is 0 Å². The summed E-state index contributed by atoms with van der Waals surface area (Å²) >= 11 is 1.25. The zero-order valence-electron chi connectivity index (χ0n) is 14.9. The van der Waals surface area contributed by atoms with E-state index >= 15 is 0 Å². The maximum absolute atomic E-state index is 12.6. The SMILES string of the molecule is CNc1snc(C)c1C(=O)NC1CCN(c2ccc(C(F)(F)F)cn2)CC1. The van der Waals surface area contributed by atoms with Gasteiger partial charge in [-0.15, -0.1) is 0 Å². The Balaban J connectivity index is 1.57. The summed E-state index contributed by atoms with van der Waals surface area (Å²) in [4.78, 5) is 18.4. The molecule has 1 aliphatic heterocycles. The first kappa shape index (κ1) is 19.4. The van der Waals surface area contributed by atoms with E-state index < -0.39 is 11.7 Å². The first-order chi connectivity index (χ1) is 12.8. The summed E-state index contributed by atoms with van der Waals surface area (Å²) in [7, 11) is 1.75. The highest BCUT2D eigenvalue weighted by molar-refractivity contribution is 7.10. The number of nitrogens with zero attached hydrogens (tertiary/aromatic N) is 3. The number of nitrogens with one attached hydrogen (secondary N) is 2. The third kappa shape index (κ3) is 4.32. The van der Waals surface area contributed by atoms with Gasteiger partial charge in [-0.3, -0.25) is 4.79 Å². The van der Waals surface area contributed by atoms with Crippen molar-refractivity contribution in [1.29, 1.82) is 0 Å². The Morgan fingerprint density at radius 2 is 2.00 bits per heavy atom. The minimum Gasteiger partial charge on any atom is -0.378 e. The fourth-order valence-corrected chi connectivity index (χ4v) is 3.80. The van der Waals surface area contributed by atoms with Crippen molar-refractivity contribution in [1.82, 2.24) is 14.7 Å². The number of carbonyl (C=O) groups excluding carboxylic acids is 1.